The Morgan fingerprint density at radius 2 is 2.03 bits per heavy atom. The molecular formula is C23H34N2O6S. The highest BCUT2D eigenvalue weighted by atomic mass is 32.2. The largest absolute Gasteiger partial charge is 0.462 e. The van der Waals surface area contributed by atoms with Gasteiger partial charge >= 0.3 is 12.0 Å². The van der Waals surface area contributed by atoms with Crippen molar-refractivity contribution in [1.29, 1.82) is 0 Å². The van der Waals surface area contributed by atoms with E-state index in [-0.39, 0.29) is 35.1 Å². The smallest absolute Gasteiger partial charge is 0.318 e. The number of nitrogens with zero attached hydrogens (tertiary/aromatic N) is 1. The first kappa shape index (κ1) is 24.5. The van der Waals surface area contributed by atoms with Crippen molar-refractivity contribution in [2.45, 2.75) is 94.9 Å². The summed E-state index contributed by atoms with van der Waals surface area (Å²) in [6.07, 6.45) is 4.64. The van der Waals surface area contributed by atoms with Crippen LogP contribution in [-0.4, -0.2) is 56.2 Å². The Kier molecular flexibility index (Phi) is 8.16. The molecule has 2 fully saturated rings. The zero-order chi connectivity index (χ0) is 23.3. The predicted molar refractivity (Wildman–Crippen MR) is 120 cm³/mol. The first-order chi connectivity index (χ1) is 15.2. The molecule has 1 aliphatic heterocycles. The van der Waals surface area contributed by atoms with Gasteiger partial charge in [0.25, 0.3) is 10.1 Å². The van der Waals surface area contributed by atoms with E-state index in [4.69, 9.17) is 8.92 Å². The fourth-order valence-corrected chi connectivity index (χ4v) is 5.82. The Morgan fingerprint density at radius 1 is 1.25 bits per heavy atom. The molecular weight excluding hydrogens is 432 g/mol. The fraction of sp³-hybridized carbons (Fsp3) is 0.652. The van der Waals surface area contributed by atoms with Gasteiger partial charge in [-0.1, -0.05) is 31.9 Å². The van der Waals surface area contributed by atoms with Crippen LogP contribution in [0, 0.1) is 6.92 Å². The van der Waals surface area contributed by atoms with Gasteiger partial charge in [-0.15, -0.1) is 0 Å². The van der Waals surface area contributed by atoms with E-state index >= 15 is 0 Å². The number of hydrogen-bond donors (Lipinski definition) is 1. The summed E-state index contributed by atoms with van der Waals surface area (Å²) in [5, 5.41) is 2.95. The van der Waals surface area contributed by atoms with E-state index in [1.165, 1.54) is 13.0 Å². The van der Waals surface area contributed by atoms with E-state index in [2.05, 4.69) is 12.2 Å². The van der Waals surface area contributed by atoms with Gasteiger partial charge in [0, 0.05) is 19.9 Å². The highest BCUT2D eigenvalue weighted by molar-refractivity contribution is 7.86. The van der Waals surface area contributed by atoms with Gasteiger partial charge in [-0.3, -0.25) is 8.98 Å². The number of amides is 2. The number of nitrogens with one attached hydrogen (secondary N) is 1. The number of benzene rings is 1. The number of urea groups is 1. The first-order valence-electron chi connectivity index (χ1n) is 11.4. The van der Waals surface area contributed by atoms with Crippen LogP contribution in [0.5, 0.6) is 0 Å². The maximum atomic E-state index is 12.7. The molecule has 8 nitrogen and oxygen atoms in total. The molecule has 1 aliphatic carbocycles. The number of esters is 1. The third kappa shape index (κ3) is 6.22. The molecule has 32 heavy (non-hydrogen) atoms. The molecule has 3 rings (SSSR count). The summed E-state index contributed by atoms with van der Waals surface area (Å²) in [5.41, 5.74) is 0.845. The molecule has 9 heteroatoms. The second kappa shape index (κ2) is 10.7. The van der Waals surface area contributed by atoms with Gasteiger partial charge in [-0.25, -0.2) is 4.79 Å². The van der Waals surface area contributed by atoms with Crippen molar-refractivity contribution in [2.75, 3.05) is 6.54 Å². The van der Waals surface area contributed by atoms with Crippen LogP contribution >= 0.6 is 0 Å². The van der Waals surface area contributed by atoms with Gasteiger partial charge in [-0.05, 0) is 50.3 Å². The van der Waals surface area contributed by atoms with Crippen LogP contribution in [0.4, 0.5) is 4.79 Å². The van der Waals surface area contributed by atoms with E-state index < -0.39 is 16.2 Å². The normalized spacial score (nSPS) is 23.7. The summed E-state index contributed by atoms with van der Waals surface area (Å²) < 4.78 is 36.3. The standard InChI is InChI=1S/C23H34N2O6S/c1-4-5-6-9-18(30-17(3)26)11-12-25-22-15-19(14-21(22)24-23(25)27)31-32(28,29)20-10-7-8-16(2)13-20/h7-8,10,13,18-19,21-22H,4-6,9,11-12,14-15H2,1-3H3,(H,24,27)/t18?,19-,21?,22?/m1/s1. The van der Waals surface area contributed by atoms with E-state index in [0.717, 1.165) is 31.2 Å². The third-order valence-electron chi connectivity index (χ3n) is 6.15. The van der Waals surface area contributed by atoms with Crippen LogP contribution in [0.25, 0.3) is 0 Å². The van der Waals surface area contributed by atoms with Gasteiger partial charge < -0.3 is 15.0 Å². The lowest BCUT2D eigenvalue weighted by Gasteiger charge is -2.25. The van der Waals surface area contributed by atoms with Crippen molar-refractivity contribution in [3.8, 4) is 0 Å². The van der Waals surface area contributed by atoms with Crippen molar-refractivity contribution >= 4 is 22.1 Å². The van der Waals surface area contributed by atoms with Gasteiger partial charge in [0.05, 0.1) is 23.1 Å². The van der Waals surface area contributed by atoms with Crippen molar-refractivity contribution < 1.29 is 26.9 Å². The van der Waals surface area contributed by atoms with E-state index in [0.29, 0.717) is 25.8 Å². The molecule has 0 aromatic heterocycles. The van der Waals surface area contributed by atoms with Crippen LogP contribution in [0.3, 0.4) is 0 Å². The van der Waals surface area contributed by atoms with Crippen molar-refractivity contribution in [3.63, 3.8) is 0 Å². The van der Waals surface area contributed by atoms with Gasteiger partial charge in [0.1, 0.15) is 6.10 Å². The average molecular weight is 467 g/mol. The maximum Gasteiger partial charge on any atom is 0.318 e. The van der Waals surface area contributed by atoms with Crippen molar-refractivity contribution in [1.82, 2.24) is 10.2 Å². The molecule has 2 amide bonds. The van der Waals surface area contributed by atoms with Crippen LogP contribution < -0.4 is 5.32 Å². The lowest BCUT2D eigenvalue weighted by molar-refractivity contribution is -0.147. The predicted octanol–water partition coefficient (Wildman–Crippen LogP) is 3.53. The summed E-state index contributed by atoms with van der Waals surface area (Å²) in [7, 11) is -3.87. The summed E-state index contributed by atoms with van der Waals surface area (Å²) in [4.78, 5) is 25.8. The fourth-order valence-electron chi connectivity index (χ4n) is 4.62. The van der Waals surface area contributed by atoms with Gasteiger partial charge in [-0.2, -0.15) is 8.42 Å². The van der Waals surface area contributed by atoms with Crippen LogP contribution in [0.15, 0.2) is 29.2 Å². The second-order valence-electron chi connectivity index (χ2n) is 8.79. The number of carbonyl (C=O) groups excluding carboxylic acids is 2. The molecule has 0 spiro atoms. The second-order valence-corrected chi connectivity index (χ2v) is 10.4. The lowest BCUT2D eigenvalue weighted by Crippen LogP contribution is -2.37. The van der Waals surface area contributed by atoms with Crippen LogP contribution in [0.2, 0.25) is 0 Å². The number of carbonyl (C=O) groups is 2. The Balaban J connectivity index is 1.58. The number of aryl methyl sites for hydroxylation is 1. The average Bonchev–Trinajstić information content (AvgIpc) is 3.21. The number of unbranched alkanes of at least 4 members (excludes halogenated alkanes) is 2. The minimum absolute atomic E-state index is 0.131. The Morgan fingerprint density at radius 3 is 2.72 bits per heavy atom. The zero-order valence-corrected chi connectivity index (χ0v) is 19.9. The Labute approximate surface area is 190 Å². The zero-order valence-electron chi connectivity index (χ0n) is 19.1. The topological polar surface area (TPSA) is 102 Å². The van der Waals surface area contributed by atoms with E-state index in [9.17, 15) is 18.0 Å². The maximum absolute atomic E-state index is 12.7. The number of hydrogen-bond acceptors (Lipinski definition) is 6. The van der Waals surface area contributed by atoms with Crippen molar-refractivity contribution in [2.24, 2.45) is 0 Å². The Bertz CT molecular complexity index is 919. The monoisotopic (exact) mass is 466 g/mol. The number of fused-ring (bicyclic) bond motifs is 1. The quantitative estimate of drug-likeness (QED) is 0.304. The summed E-state index contributed by atoms with van der Waals surface area (Å²) >= 11 is 0. The molecule has 1 heterocycles. The molecule has 2 aliphatic rings. The molecule has 1 saturated heterocycles. The van der Waals surface area contributed by atoms with Crippen LogP contribution in [-0.2, 0) is 23.8 Å². The minimum atomic E-state index is -3.87. The molecule has 1 aromatic rings. The van der Waals surface area contributed by atoms with Crippen molar-refractivity contribution in [3.05, 3.63) is 29.8 Å². The molecule has 4 atom stereocenters. The molecule has 1 aromatic carbocycles. The highest BCUT2D eigenvalue weighted by Gasteiger charge is 2.47. The van der Waals surface area contributed by atoms with Gasteiger partial charge in [0.2, 0.25) is 0 Å². The molecule has 1 saturated carbocycles. The number of ether oxygens (including phenoxy) is 1. The summed E-state index contributed by atoms with van der Waals surface area (Å²) in [6.45, 7) is 5.80. The summed E-state index contributed by atoms with van der Waals surface area (Å²) in [6, 6.07) is 6.21. The molecule has 178 valence electrons. The van der Waals surface area contributed by atoms with E-state index in [1.807, 2.05) is 13.0 Å². The molecule has 0 radical (unpaired) electrons. The first-order valence-corrected chi connectivity index (χ1v) is 12.8. The Hall–Kier alpha value is -2.13. The van der Waals surface area contributed by atoms with Crippen LogP contribution in [0.1, 0.15) is 64.4 Å². The molecule has 0 bridgehead atoms. The minimum Gasteiger partial charge on any atom is -0.462 e. The van der Waals surface area contributed by atoms with Gasteiger partial charge in [0.15, 0.2) is 0 Å². The number of rotatable bonds is 11. The highest BCUT2D eigenvalue weighted by Crippen LogP contribution is 2.33. The third-order valence-corrected chi connectivity index (χ3v) is 7.51. The SMILES string of the molecule is CCCCCC(CCN1C(=O)NC2C[C@@H](OS(=O)(=O)c3cccc(C)c3)CC21)OC(C)=O. The lowest BCUT2D eigenvalue weighted by atomic mass is 10.1. The van der Waals surface area contributed by atoms with E-state index in [1.54, 1.807) is 17.0 Å². The molecule has 1 N–H and O–H groups in total. The summed E-state index contributed by atoms with van der Waals surface area (Å²) in [5.74, 6) is -0.314. The molecule has 3 unspecified atom stereocenters.